The van der Waals surface area contributed by atoms with Gasteiger partial charge in [0.15, 0.2) is 0 Å². The van der Waals surface area contributed by atoms with E-state index < -0.39 is 32.9 Å². The van der Waals surface area contributed by atoms with Gasteiger partial charge in [-0.05, 0) is 49.5 Å². The van der Waals surface area contributed by atoms with Gasteiger partial charge in [0.1, 0.15) is 0 Å². The van der Waals surface area contributed by atoms with Crippen LogP contribution < -0.4 is 39.4 Å². The van der Waals surface area contributed by atoms with Gasteiger partial charge in [0.25, 0.3) is 0 Å². The molecule has 0 aliphatic carbocycles. The number of rotatable bonds is 18. The van der Waals surface area contributed by atoms with Crippen LogP contribution in [0.3, 0.4) is 0 Å². The first-order valence-electron chi connectivity index (χ1n) is 21.1. The van der Waals surface area contributed by atoms with Gasteiger partial charge in [-0.2, -0.15) is 0 Å². The maximum Gasteiger partial charge on any atom is -0.0134 e. The minimum absolute atomic E-state index is 0.226. The van der Waals surface area contributed by atoms with E-state index in [-0.39, 0.29) is 12.8 Å². The van der Waals surface area contributed by atoms with Crippen LogP contribution in [0, 0.1) is 0 Å². The van der Waals surface area contributed by atoms with Crippen molar-refractivity contribution in [3.05, 3.63) is 182 Å². The van der Waals surface area contributed by atoms with Crippen molar-refractivity contribution < 1.29 is 32.9 Å². The Bertz CT molecular complexity index is 1730. The Morgan fingerprint density at radius 2 is 0.627 bits per heavy atom. The molecule has 0 saturated heterocycles. The average Bonchev–Trinajstić information content (AvgIpc) is 3.28. The van der Waals surface area contributed by atoms with E-state index in [1.165, 1.54) is 54.9 Å². The first kappa shape index (κ1) is 48.6. The molecule has 6 heteroatoms. The number of benzene rings is 6. The van der Waals surface area contributed by atoms with Crippen molar-refractivity contribution >= 4 is 49.1 Å². The Balaban J connectivity index is 0.000000222. The molecule has 0 aromatic heterocycles. The van der Waals surface area contributed by atoms with Crippen LogP contribution in [-0.2, 0) is 22.7 Å². The number of carbonyl (C=O) groups is 2. The summed E-state index contributed by atoms with van der Waals surface area (Å²) >= 11 is -2.10. The third-order valence-corrected chi connectivity index (χ3v) is 17.8. The number of unbranched alkanes of at least 4 members (excludes halogenated alkanes) is 8. The molecule has 0 N–H and O–H groups in total. The number of carboxylic acid groups (broad SMARTS) is 2. The van der Waals surface area contributed by atoms with Crippen LogP contribution in [0.1, 0.15) is 90.9 Å². The zero-order valence-corrected chi connectivity index (χ0v) is 37.5. The van der Waals surface area contributed by atoms with Gasteiger partial charge in [0.05, 0.1) is 0 Å². The van der Waals surface area contributed by atoms with Gasteiger partial charge in [0.2, 0.25) is 0 Å². The van der Waals surface area contributed by atoms with Crippen molar-refractivity contribution in [2.24, 2.45) is 0 Å². The van der Waals surface area contributed by atoms with Gasteiger partial charge >= 0.3 is 123 Å². The molecule has 6 aromatic rings. The Hall–Kier alpha value is -4.78. The Morgan fingerprint density at radius 3 is 0.864 bits per heavy atom. The van der Waals surface area contributed by atoms with E-state index in [1.807, 2.05) is 0 Å². The van der Waals surface area contributed by atoms with Gasteiger partial charge in [-0.15, -0.1) is 0 Å². The monoisotopic (exact) mass is 846 g/mol. The standard InChI is InChI=1S/C18H15P.2C8H16O2.3C6H5.CH3.Cr/c1-4-10-16(11-5-1)19(17-12-6-2-7-13-17)18-14-8-3-9-15-18;2*1-2-3-4-5-6-7-8(9)10;3*1-2-4-6-5-3-1;;/h1-15H;2*2-7H2,1H3,(H,9,10);3*1-5H;1H3;/q;;;;;;;+2/p-2. The van der Waals surface area contributed by atoms with Crippen molar-refractivity contribution in [3.8, 4) is 0 Å². The maximum atomic E-state index is 9.92. The summed E-state index contributed by atoms with van der Waals surface area (Å²) in [5.74, 6) is 0.615. The fourth-order valence-corrected chi connectivity index (χ4v) is 13.3. The summed E-state index contributed by atoms with van der Waals surface area (Å²) in [6.45, 7) is 4.28. The van der Waals surface area contributed by atoms with Crippen molar-refractivity contribution in [2.45, 2.75) is 96.7 Å². The van der Waals surface area contributed by atoms with E-state index in [1.54, 1.807) is 0 Å². The van der Waals surface area contributed by atoms with Gasteiger partial charge in [0, 0.05) is 11.9 Å². The average molecular weight is 847 g/mol. The van der Waals surface area contributed by atoms with Crippen molar-refractivity contribution in [2.75, 3.05) is 0 Å². The van der Waals surface area contributed by atoms with Gasteiger partial charge < -0.3 is 19.8 Å². The van der Waals surface area contributed by atoms with E-state index >= 15 is 0 Å². The maximum absolute atomic E-state index is 9.92. The van der Waals surface area contributed by atoms with Crippen LogP contribution in [-0.4, -0.2) is 11.9 Å². The molecule has 0 amide bonds. The Kier molecular flexibility index (Phi) is 24.2. The first-order valence-corrected chi connectivity index (χ1v) is 25.6. The molecular formula is C53H63CrO4P. The van der Waals surface area contributed by atoms with Crippen molar-refractivity contribution in [1.29, 1.82) is 0 Å². The summed E-state index contributed by atoms with van der Waals surface area (Å²) in [6, 6.07) is 65.2. The van der Waals surface area contributed by atoms with Crippen LogP contribution >= 0.6 is 7.92 Å². The zero-order valence-electron chi connectivity index (χ0n) is 35.3. The molecule has 4 nitrogen and oxygen atoms in total. The second-order valence-electron chi connectivity index (χ2n) is 14.3. The summed E-state index contributed by atoms with van der Waals surface area (Å²) in [7, 11) is -0.446. The van der Waals surface area contributed by atoms with Crippen LogP contribution in [0.15, 0.2) is 182 Å². The van der Waals surface area contributed by atoms with Gasteiger partial charge in [-0.25, -0.2) is 0 Å². The van der Waals surface area contributed by atoms with E-state index in [0.29, 0.717) is 0 Å². The number of hydrogen-bond acceptors (Lipinski definition) is 4. The zero-order chi connectivity index (χ0) is 42.4. The van der Waals surface area contributed by atoms with Crippen LogP contribution in [0.4, 0.5) is 0 Å². The third kappa shape index (κ3) is 18.4. The fourth-order valence-electron chi connectivity index (χ4n) is 6.41. The molecule has 0 aliphatic rings. The molecule has 0 radical (unpaired) electrons. The number of carboxylic acids is 2. The topological polar surface area (TPSA) is 80.3 Å². The molecule has 0 aliphatic heterocycles. The van der Waals surface area contributed by atoms with E-state index in [2.05, 4.69) is 202 Å². The molecule has 0 atom stereocenters. The number of carbonyl (C=O) groups excluding carboxylic acids is 2. The fraction of sp³-hybridized carbons (Fsp3) is 0.283. The Labute approximate surface area is 358 Å². The molecule has 0 bridgehead atoms. The molecule has 0 saturated carbocycles. The van der Waals surface area contributed by atoms with Crippen LogP contribution in [0.2, 0.25) is 5.79 Å². The summed E-state index contributed by atoms with van der Waals surface area (Å²) < 4.78 is 4.42. The quantitative estimate of drug-likeness (QED) is 0.0641. The second-order valence-corrected chi connectivity index (χ2v) is 21.6. The molecule has 6 aromatic carbocycles. The van der Waals surface area contributed by atoms with E-state index in [4.69, 9.17) is 0 Å². The molecule has 310 valence electrons. The molecule has 59 heavy (non-hydrogen) atoms. The van der Waals surface area contributed by atoms with Gasteiger partial charge in [-0.3, -0.25) is 0 Å². The predicted molar refractivity (Wildman–Crippen MR) is 246 cm³/mol. The number of aliphatic carboxylic acids is 2. The van der Waals surface area contributed by atoms with E-state index in [0.717, 1.165) is 38.5 Å². The van der Waals surface area contributed by atoms with E-state index in [9.17, 15) is 19.8 Å². The third-order valence-electron chi connectivity index (χ3n) is 9.66. The van der Waals surface area contributed by atoms with Gasteiger partial charge in [-0.1, -0.05) is 156 Å². The predicted octanol–water partition coefficient (Wildman–Crippen LogP) is 8.80. The summed E-state index contributed by atoms with van der Waals surface area (Å²) in [6.07, 6.45) is 11.2. The smallest absolute Gasteiger partial charge is 0.0134 e. The summed E-state index contributed by atoms with van der Waals surface area (Å²) in [5, 5.41) is 24.0. The second kappa shape index (κ2) is 29.4. The molecular weight excluding hydrogens is 784 g/mol. The largest absolute Gasteiger partial charge is 0.0622 e. The van der Waals surface area contributed by atoms with Crippen molar-refractivity contribution in [1.82, 2.24) is 0 Å². The SMILES string of the molecule is CCCCCCCC(=O)[O-].CCCCCCCC(=O)[O-].[CH3][Cr+2]([c]1ccccc1)([c]1ccccc1)[c]1ccccc1.c1ccc(P(c2ccccc2)c2ccccc2)cc1. The molecule has 6 rings (SSSR count). The molecule has 0 spiro atoms. The Morgan fingerprint density at radius 1 is 0.390 bits per heavy atom. The minimum atomic E-state index is -2.10. The molecule has 0 heterocycles. The minimum Gasteiger partial charge on any atom is -0.0622 e. The first-order chi connectivity index (χ1) is 28.8. The molecule has 0 unspecified atom stereocenters. The summed E-state index contributed by atoms with van der Waals surface area (Å²) in [5.41, 5.74) is 0. The normalized spacial score (nSPS) is 10.5. The van der Waals surface area contributed by atoms with Crippen molar-refractivity contribution in [3.63, 3.8) is 0 Å². The molecule has 0 fully saturated rings. The van der Waals surface area contributed by atoms with Crippen LogP contribution in [0.5, 0.6) is 0 Å². The van der Waals surface area contributed by atoms with Crippen LogP contribution in [0.25, 0.3) is 0 Å². The number of hydrogen-bond donors (Lipinski definition) is 0. The summed E-state index contributed by atoms with van der Waals surface area (Å²) in [4.78, 5) is 19.8.